The molecule has 0 aliphatic heterocycles. The molecule has 0 saturated carbocycles. The molecule has 0 atom stereocenters. The van der Waals surface area contributed by atoms with E-state index in [2.05, 4.69) is 4.74 Å². The smallest absolute Gasteiger partial charge is 0.321 e. The van der Waals surface area contributed by atoms with E-state index in [9.17, 15) is 4.79 Å². The van der Waals surface area contributed by atoms with E-state index in [4.69, 9.17) is 8.85 Å². The molecule has 5 heteroatoms. The molecule has 0 saturated heterocycles. The average Bonchev–Trinajstić information content (AvgIpc) is 2.18. The summed E-state index contributed by atoms with van der Waals surface area (Å²) in [5.74, 6) is 0. The molecule has 0 unspecified atom stereocenters. The van der Waals surface area contributed by atoms with Crippen LogP contribution >= 0.6 is 0 Å². The molecule has 0 bridgehead atoms. The summed E-state index contributed by atoms with van der Waals surface area (Å²) in [6.07, 6.45) is 1.90. The van der Waals surface area contributed by atoms with Crippen LogP contribution in [0.1, 0.15) is 26.7 Å². The van der Waals surface area contributed by atoms with Crippen molar-refractivity contribution in [1.82, 2.24) is 0 Å². The van der Waals surface area contributed by atoms with Crippen molar-refractivity contribution in [3.63, 3.8) is 0 Å². The van der Waals surface area contributed by atoms with Crippen LogP contribution in [0.3, 0.4) is 0 Å². The third kappa shape index (κ3) is 8.22. The predicted molar refractivity (Wildman–Crippen MR) is 56.5 cm³/mol. The normalized spacial score (nSPS) is 10.5. The molecule has 84 valence electrons. The summed E-state index contributed by atoms with van der Waals surface area (Å²) in [6, 6.07) is 0.990. The van der Waals surface area contributed by atoms with Gasteiger partial charge in [0.25, 0.3) is 6.47 Å². The van der Waals surface area contributed by atoms with E-state index in [0.717, 1.165) is 32.1 Å². The lowest BCUT2D eigenvalue weighted by molar-refractivity contribution is -0.128. The first-order valence-corrected chi connectivity index (χ1v) is 6.89. The quantitative estimate of drug-likeness (QED) is 0.315. The Morgan fingerprint density at radius 3 is 2.29 bits per heavy atom. The number of hydrogen-bond donors (Lipinski definition) is 0. The third-order valence-electron chi connectivity index (χ3n) is 1.73. The highest BCUT2D eigenvalue weighted by Crippen LogP contribution is 2.04. The second-order valence-electron chi connectivity index (χ2n) is 2.80. The zero-order valence-electron chi connectivity index (χ0n) is 9.03. The zero-order valence-corrected chi connectivity index (χ0v) is 10.2. The van der Waals surface area contributed by atoms with Gasteiger partial charge >= 0.3 is 9.28 Å². The molecule has 0 aromatic carbocycles. The fourth-order valence-corrected chi connectivity index (χ4v) is 2.93. The van der Waals surface area contributed by atoms with Crippen molar-refractivity contribution < 1.29 is 18.4 Å². The summed E-state index contributed by atoms with van der Waals surface area (Å²) < 4.78 is 15.6. The molecule has 0 N–H and O–H groups in total. The van der Waals surface area contributed by atoms with Crippen LogP contribution in [0.5, 0.6) is 0 Å². The van der Waals surface area contributed by atoms with Crippen LogP contribution in [-0.2, 0) is 18.4 Å². The SMILES string of the molecule is CCO[SiH](CCCCOC=O)OCC. The fourth-order valence-electron chi connectivity index (χ4n) is 1.13. The monoisotopic (exact) mass is 220 g/mol. The molecule has 0 radical (unpaired) electrons. The molecular weight excluding hydrogens is 200 g/mol. The lowest BCUT2D eigenvalue weighted by atomic mass is 10.4. The molecule has 14 heavy (non-hydrogen) atoms. The van der Waals surface area contributed by atoms with Gasteiger partial charge in [0.2, 0.25) is 0 Å². The van der Waals surface area contributed by atoms with Gasteiger partial charge in [-0.25, -0.2) is 0 Å². The lowest BCUT2D eigenvalue weighted by Gasteiger charge is -2.14. The van der Waals surface area contributed by atoms with Crippen LogP contribution < -0.4 is 0 Å². The van der Waals surface area contributed by atoms with E-state index < -0.39 is 9.28 Å². The minimum atomic E-state index is -1.43. The van der Waals surface area contributed by atoms with E-state index in [-0.39, 0.29) is 0 Å². The van der Waals surface area contributed by atoms with Crippen molar-refractivity contribution in [3.8, 4) is 0 Å². The maximum atomic E-state index is 9.84. The molecule has 0 fully saturated rings. The van der Waals surface area contributed by atoms with Crippen molar-refractivity contribution in [2.75, 3.05) is 19.8 Å². The standard InChI is InChI=1S/C9H20O4Si/c1-3-12-14(13-4-2)8-6-5-7-11-9-10/h9,14H,3-8H2,1-2H3. The van der Waals surface area contributed by atoms with Crippen LogP contribution in [0.25, 0.3) is 0 Å². The molecule has 0 heterocycles. The topological polar surface area (TPSA) is 44.8 Å². The second-order valence-corrected chi connectivity index (χ2v) is 4.91. The largest absolute Gasteiger partial charge is 0.468 e. The highest BCUT2D eigenvalue weighted by molar-refractivity contribution is 6.44. The van der Waals surface area contributed by atoms with Crippen molar-refractivity contribution in [2.45, 2.75) is 32.7 Å². The summed E-state index contributed by atoms with van der Waals surface area (Å²) in [7, 11) is -1.43. The maximum Gasteiger partial charge on any atom is 0.321 e. The van der Waals surface area contributed by atoms with Crippen molar-refractivity contribution in [3.05, 3.63) is 0 Å². The first kappa shape index (κ1) is 13.6. The van der Waals surface area contributed by atoms with Crippen LogP contribution in [0.15, 0.2) is 0 Å². The Labute approximate surface area is 87.4 Å². The Hall–Kier alpha value is -0.393. The van der Waals surface area contributed by atoms with Crippen molar-refractivity contribution in [2.24, 2.45) is 0 Å². The zero-order chi connectivity index (χ0) is 10.6. The van der Waals surface area contributed by atoms with E-state index >= 15 is 0 Å². The molecule has 4 nitrogen and oxygen atoms in total. The molecule has 0 spiro atoms. The van der Waals surface area contributed by atoms with Gasteiger partial charge in [-0.1, -0.05) is 0 Å². The number of unbranched alkanes of at least 4 members (excludes halogenated alkanes) is 1. The van der Waals surface area contributed by atoms with Gasteiger partial charge in [-0.3, -0.25) is 4.79 Å². The summed E-state index contributed by atoms with van der Waals surface area (Å²) in [5, 5.41) is 0. The van der Waals surface area contributed by atoms with Gasteiger partial charge in [0.1, 0.15) is 0 Å². The molecule has 0 aliphatic carbocycles. The van der Waals surface area contributed by atoms with Gasteiger partial charge in [0, 0.05) is 13.2 Å². The van der Waals surface area contributed by atoms with E-state index in [1.54, 1.807) is 0 Å². The molecule has 0 amide bonds. The Morgan fingerprint density at radius 2 is 1.79 bits per heavy atom. The van der Waals surface area contributed by atoms with Gasteiger partial charge in [-0.2, -0.15) is 0 Å². The maximum absolute atomic E-state index is 9.84. The van der Waals surface area contributed by atoms with Gasteiger partial charge in [-0.15, -0.1) is 0 Å². The molecule has 0 rings (SSSR count). The van der Waals surface area contributed by atoms with Gasteiger partial charge in [0.15, 0.2) is 0 Å². The Bertz CT molecular complexity index is 126. The average molecular weight is 220 g/mol. The van der Waals surface area contributed by atoms with Crippen LogP contribution in [0.4, 0.5) is 0 Å². The van der Waals surface area contributed by atoms with E-state index in [1.807, 2.05) is 13.8 Å². The van der Waals surface area contributed by atoms with E-state index in [0.29, 0.717) is 13.1 Å². The lowest BCUT2D eigenvalue weighted by Crippen LogP contribution is -2.22. The van der Waals surface area contributed by atoms with Gasteiger partial charge < -0.3 is 13.6 Å². The van der Waals surface area contributed by atoms with Crippen molar-refractivity contribution >= 4 is 15.8 Å². The minimum Gasteiger partial charge on any atom is -0.468 e. The fraction of sp³-hybridized carbons (Fsp3) is 0.889. The molecule has 0 aromatic heterocycles. The first-order valence-electron chi connectivity index (χ1n) is 5.13. The summed E-state index contributed by atoms with van der Waals surface area (Å²) in [4.78, 5) is 9.84. The van der Waals surface area contributed by atoms with E-state index in [1.165, 1.54) is 0 Å². The minimum absolute atomic E-state index is 0.486. The van der Waals surface area contributed by atoms with Crippen LogP contribution in [0, 0.1) is 0 Å². The summed E-state index contributed by atoms with van der Waals surface area (Å²) >= 11 is 0. The summed E-state index contributed by atoms with van der Waals surface area (Å²) in [6.45, 7) is 6.40. The second kappa shape index (κ2) is 10.7. The van der Waals surface area contributed by atoms with Crippen LogP contribution in [0.2, 0.25) is 6.04 Å². The Morgan fingerprint density at radius 1 is 1.14 bits per heavy atom. The number of carbonyl (C=O) groups is 1. The van der Waals surface area contributed by atoms with Gasteiger partial charge in [-0.05, 0) is 32.7 Å². The predicted octanol–water partition coefficient (Wildman–Crippen LogP) is 1.23. The summed E-state index contributed by atoms with van der Waals surface area (Å²) in [5.41, 5.74) is 0. The molecule has 0 aliphatic rings. The van der Waals surface area contributed by atoms with Crippen LogP contribution in [-0.4, -0.2) is 35.6 Å². The Kier molecular flexibility index (Phi) is 10.4. The Balaban J connectivity index is 3.34. The third-order valence-corrected chi connectivity index (χ3v) is 4.02. The number of carbonyl (C=O) groups excluding carboxylic acids is 1. The highest BCUT2D eigenvalue weighted by Gasteiger charge is 2.10. The number of rotatable bonds is 10. The highest BCUT2D eigenvalue weighted by atomic mass is 28.3. The van der Waals surface area contributed by atoms with Gasteiger partial charge in [0.05, 0.1) is 6.61 Å². The first-order chi connectivity index (χ1) is 6.85. The number of hydrogen-bond acceptors (Lipinski definition) is 4. The number of ether oxygens (including phenoxy) is 1. The molecule has 0 aromatic rings. The molecular formula is C9H20O4Si. The van der Waals surface area contributed by atoms with Crippen molar-refractivity contribution in [1.29, 1.82) is 0 Å².